The monoisotopic (exact) mass is 277 g/mol. The summed E-state index contributed by atoms with van der Waals surface area (Å²) in [5, 5.41) is 0. The van der Waals surface area contributed by atoms with Crippen LogP contribution in [-0.4, -0.2) is 31.7 Å². The highest BCUT2D eigenvalue weighted by atomic mass is 35.5. The molecule has 0 aromatic heterocycles. The Morgan fingerprint density at radius 3 is 2.71 bits per heavy atom. The smallest absolute Gasteiger partial charge is 0.207 e. The fraction of sp³-hybridized carbons (Fsp3) is 0.455. The molecule has 1 atom stereocenters. The van der Waals surface area contributed by atoms with Gasteiger partial charge in [0.05, 0.1) is 0 Å². The van der Waals surface area contributed by atoms with Crippen molar-refractivity contribution in [2.45, 2.75) is 11.3 Å². The van der Waals surface area contributed by atoms with E-state index < -0.39 is 15.8 Å². The minimum absolute atomic E-state index is 0.165. The minimum Gasteiger partial charge on any atom is -0.207 e. The van der Waals surface area contributed by atoms with Gasteiger partial charge in [-0.25, -0.2) is 12.8 Å². The molecule has 1 aliphatic heterocycles. The van der Waals surface area contributed by atoms with Gasteiger partial charge in [-0.1, -0.05) is 12.1 Å². The van der Waals surface area contributed by atoms with E-state index >= 15 is 0 Å². The number of hydrogen-bond acceptors (Lipinski definition) is 2. The van der Waals surface area contributed by atoms with Crippen molar-refractivity contribution >= 4 is 21.6 Å². The molecule has 94 valence electrons. The van der Waals surface area contributed by atoms with Crippen molar-refractivity contribution in [1.29, 1.82) is 0 Å². The second-order valence-corrected chi connectivity index (χ2v) is 6.32. The Kier molecular flexibility index (Phi) is 3.70. The highest BCUT2D eigenvalue weighted by Crippen LogP contribution is 2.26. The first kappa shape index (κ1) is 12.8. The Bertz CT molecular complexity index is 506. The van der Waals surface area contributed by atoms with Gasteiger partial charge in [0.1, 0.15) is 10.7 Å². The van der Waals surface area contributed by atoms with Crippen LogP contribution in [0.5, 0.6) is 0 Å². The first-order chi connectivity index (χ1) is 8.05. The lowest BCUT2D eigenvalue weighted by Gasteiger charge is -2.16. The molecule has 2 rings (SSSR count). The summed E-state index contributed by atoms with van der Waals surface area (Å²) in [6.45, 7) is 0.786. The highest BCUT2D eigenvalue weighted by Gasteiger charge is 2.33. The van der Waals surface area contributed by atoms with Crippen LogP contribution in [0.1, 0.15) is 6.42 Å². The molecular formula is C11H13ClFNO2S. The number of alkyl halides is 1. The van der Waals surface area contributed by atoms with Gasteiger partial charge >= 0.3 is 0 Å². The van der Waals surface area contributed by atoms with Crippen molar-refractivity contribution in [3.05, 3.63) is 30.1 Å². The summed E-state index contributed by atoms with van der Waals surface area (Å²) in [6.07, 6.45) is 0.733. The van der Waals surface area contributed by atoms with E-state index in [1.54, 1.807) is 0 Å². The van der Waals surface area contributed by atoms with Crippen LogP contribution in [0.15, 0.2) is 29.2 Å². The number of nitrogens with zero attached hydrogens (tertiary/aromatic N) is 1. The fourth-order valence-corrected chi connectivity index (χ4v) is 3.78. The van der Waals surface area contributed by atoms with Crippen molar-refractivity contribution < 1.29 is 12.8 Å². The van der Waals surface area contributed by atoms with Crippen LogP contribution >= 0.6 is 11.6 Å². The zero-order valence-corrected chi connectivity index (χ0v) is 10.7. The van der Waals surface area contributed by atoms with Gasteiger partial charge in [-0.3, -0.25) is 0 Å². The molecule has 3 nitrogen and oxygen atoms in total. The highest BCUT2D eigenvalue weighted by molar-refractivity contribution is 7.89. The third kappa shape index (κ3) is 2.46. The van der Waals surface area contributed by atoms with E-state index in [2.05, 4.69) is 0 Å². The Morgan fingerprint density at radius 1 is 1.41 bits per heavy atom. The van der Waals surface area contributed by atoms with E-state index in [0.29, 0.717) is 19.0 Å². The fourth-order valence-electron chi connectivity index (χ4n) is 1.93. The lowest BCUT2D eigenvalue weighted by Crippen LogP contribution is -2.29. The summed E-state index contributed by atoms with van der Waals surface area (Å²) >= 11 is 5.70. The summed E-state index contributed by atoms with van der Waals surface area (Å²) in [4.78, 5) is -0.254. The normalized spacial score (nSPS) is 21.9. The molecule has 1 saturated heterocycles. The number of halogens is 2. The minimum atomic E-state index is -3.71. The third-order valence-corrected chi connectivity index (χ3v) is 5.26. The Labute approximate surface area is 105 Å². The van der Waals surface area contributed by atoms with Crippen LogP contribution in [0, 0.1) is 11.7 Å². The van der Waals surface area contributed by atoms with Crippen LogP contribution in [0.4, 0.5) is 4.39 Å². The van der Waals surface area contributed by atoms with Crippen LogP contribution in [0.2, 0.25) is 0 Å². The number of hydrogen-bond donors (Lipinski definition) is 0. The van der Waals surface area contributed by atoms with E-state index in [1.807, 2.05) is 0 Å². The molecular weight excluding hydrogens is 265 g/mol. The van der Waals surface area contributed by atoms with Gasteiger partial charge in [-0.15, -0.1) is 11.6 Å². The summed E-state index contributed by atoms with van der Waals surface area (Å²) in [7, 11) is -3.71. The zero-order chi connectivity index (χ0) is 12.5. The van der Waals surface area contributed by atoms with Gasteiger partial charge in [0.2, 0.25) is 10.0 Å². The van der Waals surface area contributed by atoms with Crippen LogP contribution in [-0.2, 0) is 10.0 Å². The molecule has 0 bridgehead atoms. The van der Waals surface area contributed by atoms with Gasteiger partial charge < -0.3 is 0 Å². The molecule has 1 heterocycles. The van der Waals surface area contributed by atoms with Gasteiger partial charge in [-0.05, 0) is 24.5 Å². The molecule has 1 aromatic rings. The molecule has 1 unspecified atom stereocenters. The summed E-state index contributed by atoms with van der Waals surface area (Å²) in [5.41, 5.74) is 0. The van der Waals surface area contributed by atoms with E-state index in [-0.39, 0.29) is 10.8 Å². The van der Waals surface area contributed by atoms with Gasteiger partial charge in [0.25, 0.3) is 0 Å². The molecule has 0 radical (unpaired) electrons. The lowest BCUT2D eigenvalue weighted by atomic mass is 10.2. The maximum Gasteiger partial charge on any atom is 0.245 e. The van der Waals surface area contributed by atoms with Gasteiger partial charge in [0, 0.05) is 19.0 Å². The summed E-state index contributed by atoms with van der Waals surface area (Å²) in [6, 6.07) is 5.44. The van der Waals surface area contributed by atoms with Gasteiger partial charge in [-0.2, -0.15) is 4.31 Å². The molecule has 17 heavy (non-hydrogen) atoms. The molecule has 0 N–H and O–H groups in total. The molecule has 1 aliphatic rings. The third-order valence-electron chi connectivity index (χ3n) is 2.92. The molecule has 1 aromatic carbocycles. The Morgan fingerprint density at radius 2 is 2.12 bits per heavy atom. The van der Waals surface area contributed by atoms with E-state index in [1.165, 1.54) is 22.5 Å². The molecule has 0 saturated carbocycles. The molecule has 0 amide bonds. The van der Waals surface area contributed by atoms with Crippen molar-refractivity contribution in [3.8, 4) is 0 Å². The van der Waals surface area contributed by atoms with Crippen LogP contribution < -0.4 is 0 Å². The first-order valence-electron chi connectivity index (χ1n) is 5.36. The Balaban J connectivity index is 2.29. The second kappa shape index (κ2) is 4.92. The molecule has 0 spiro atoms. The number of benzene rings is 1. The van der Waals surface area contributed by atoms with Crippen molar-refractivity contribution in [3.63, 3.8) is 0 Å². The molecule has 0 aliphatic carbocycles. The average molecular weight is 278 g/mol. The molecule has 6 heteroatoms. The van der Waals surface area contributed by atoms with Crippen LogP contribution in [0.25, 0.3) is 0 Å². The predicted octanol–water partition coefficient (Wildman–Crippen LogP) is 2.08. The lowest BCUT2D eigenvalue weighted by molar-refractivity contribution is 0.459. The standard InChI is InChI=1S/C11H13ClFNO2S/c12-7-9-5-6-14(8-9)17(15,16)11-4-2-1-3-10(11)13/h1-4,9H,5-8H2. The van der Waals surface area contributed by atoms with E-state index in [4.69, 9.17) is 11.6 Å². The van der Waals surface area contributed by atoms with Crippen molar-refractivity contribution in [2.24, 2.45) is 5.92 Å². The maximum atomic E-state index is 13.5. The topological polar surface area (TPSA) is 37.4 Å². The number of rotatable bonds is 3. The number of sulfonamides is 1. The zero-order valence-electron chi connectivity index (χ0n) is 9.14. The van der Waals surface area contributed by atoms with Crippen molar-refractivity contribution in [1.82, 2.24) is 4.31 Å². The SMILES string of the molecule is O=S(=O)(c1ccccc1F)N1CCC(CCl)C1. The largest absolute Gasteiger partial charge is 0.245 e. The van der Waals surface area contributed by atoms with Gasteiger partial charge in [0.15, 0.2) is 0 Å². The molecule has 1 fully saturated rings. The Hall–Kier alpha value is -0.650. The quantitative estimate of drug-likeness (QED) is 0.793. The van der Waals surface area contributed by atoms with Crippen LogP contribution in [0.3, 0.4) is 0 Å². The second-order valence-electron chi connectivity index (χ2n) is 4.10. The van der Waals surface area contributed by atoms with E-state index in [9.17, 15) is 12.8 Å². The summed E-state index contributed by atoms with van der Waals surface area (Å²) in [5.74, 6) is -0.108. The van der Waals surface area contributed by atoms with E-state index in [0.717, 1.165) is 12.5 Å². The summed E-state index contributed by atoms with van der Waals surface area (Å²) < 4.78 is 39.1. The maximum absolute atomic E-state index is 13.5. The van der Waals surface area contributed by atoms with Crippen molar-refractivity contribution in [2.75, 3.05) is 19.0 Å². The predicted molar refractivity (Wildman–Crippen MR) is 64.0 cm³/mol. The average Bonchev–Trinajstić information content (AvgIpc) is 2.78. The first-order valence-corrected chi connectivity index (χ1v) is 7.34.